The molecule has 1 aliphatic heterocycles. The van der Waals surface area contributed by atoms with Gasteiger partial charge in [-0.25, -0.2) is 0 Å². The Morgan fingerprint density at radius 2 is 2.38 bits per heavy atom. The van der Waals surface area contributed by atoms with E-state index in [4.69, 9.17) is 4.52 Å². The van der Waals surface area contributed by atoms with Crippen LogP contribution in [-0.2, 0) is 0 Å². The fourth-order valence-electron chi connectivity index (χ4n) is 2.96. The van der Waals surface area contributed by atoms with Crippen LogP contribution in [-0.4, -0.2) is 17.7 Å². The highest BCUT2D eigenvalue weighted by Gasteiger charge is 2.31. The number of hydrogen-bond acceptors (Lipinski definition) is 3. The lowest BCUT2D eigenvalue weighted by Crippen LogP contribution is -2.43. The van der Waals surface area contributed by atoms with Crippen LogP contribution in [0.25, 0.3) is 5.57 Å². The molecule has 3 rings (SSSR count). The molecule has 2 atom stereocenters. The van der Waals surface area contributed by atoms with Crippen molar-refractivity contribution in [3.63, 3.8) is 0 Å². The zero-order valence-corrected chi connectivity index (χ0v) is 9.70. The molecule has 1 aromatic heterocycles. The summed E-state index contributed by atoms with van der Waals surface area (Å²) in [5.74, 6) is 1.75. The quantitative estimate of drug-likeness (QED) is 0.787. The molecule has 2 heterocycles. The van der Waals surface area contributed by atoms with Gasteiger partial charge in [-0.05, 0) is 45.1 Å². The molecule has 1 aliphatic carbocycles. The summed E-state index contributed by atoms with van der Waals surface area (Å²) in [6.45, 7) is 3.10. The first kappa shape index (κ1) is 10.1. The number of rotatable bonds is 1. The van der Waals surface area contributed by atoms with Crippen LogP contribution in [0.5, 0.6) is 0 Å². The molecule has 0 amide bonds. The zero-order valence-electron chi connectivity index (χ0n) is 9.70. The van der Waals surface area contributed by atoms with Gasteiger partial charge in [-0.15, -0.1) is 0 Å². The van der Waals surface area contributed by atoms with Crippen LogP contribution < -0.4 is 5.32 Å². The smallest absolute Gasteiger partial charge is 0.164 e. The minimum atomic E-state index is 0.495. The molecule has 0 spiro atoms. The molecule has 16 heavy (non-hydrogen) atoms. The van der Waals surface area contributed by atoms with Crippen molar-refractivity contribution in [1.82, 2.24) is 10.5 Å². The van der Waals surface area contributed by atoms with Crippen LogP contribution in [0.4, 0.5) is 0 Å². The number of aryl methyl sites for hydroxylation is 1. The number of hydrogen-bond donors (Lipinski definition) is 1. The maximum absolute atomic E-state index is 5.39. The van der Waals surface area contributed by atoms with Gasteiger partial charge in [0.1, 0.15) is 0 Å². The van der Waals surface area contributed by atoms with Crippen molar-refractivity contribution >= 4 is 5.57 Å². The van der Waals surface area contributed by atoms with Crippen molar-refractivity contribution in [2.24, 2.45) is 5.92 Å². The topological polar surface area (TPSA) is 38.1 Å². The SMILES string of the molecule is Cc1cc(C2=CCC[C@@H]3CCCN[C@H]23)on1. The van der Waals surface area contributed by atoms with Crippen LogP contribution in [0.1, 0.15) is 37.1 Å². The molecule has 1 aromatic rings. The highest BCUT2D eigenvalue weighted by Crippen LogP contribution is 2.35. The predicted molar refractivity (Wildman–Crippen MR) is 63.0 cm³/mol. The van der Waals surface area contributed by atoms with Crippen molar-refractivity contribution in [3.8, 4) is 0 Å². The largest absolute Gasteiger partial charge is 0.356 e. The summed E-state index contributed by atoms with van der Waals surface area (Å²) in [5.41, 5.74) is 2.30. The van der Waals surface area contributed by atoms with Crippen molar-refractivity contribution in [2.45, 2.75) is 38.6 Å². The summed E-state index contributed by atoms with van der Waals surface area (Å²) >= 11 is 0. The van der Waals surface area contributed by atoms with E-state index in [2.05, 4.69) is 16.5 Å². The van der Waals surface area contributed by atoms with Crippen LogP contribution >= 0.6 is 0 Å². The molecule has 1 saturated heterocycles. The Labute approximate surface area is 95.9 Å². The molecule has 3 heteroatoms. The molecule has 1 N–H and O–H groups in total. The van der Waals surface area contributed by atoms with Gasteiger partial charge < -0.3 is 9.84 Å². The van der Waals surface area contributed by atoms with Gasteiger partial charge in [-0.3, -0.25) is 0 Å². The molecule has 0 aromatic carbocycles. The van der Waals surface area contributed by atoms with Crippen molar-refractivity contribution < 1.29 is 4.52 Å². The summed E-state index contributed by atoms with van der Waals surface area (Å²) < 4.78 is 5.39. The molecule has 3 nitrogen and oxygen atoms in total. The van der Waals surface area contributed by atoms with Gasteiger partial charge in [0.2, 0.25) is 0 Å². The van der Waals surface area contributed by atoms with E-state index in [0.29, 0.717) is 6.04 Å². The van der Waals surface area contributed by atoms with Gasteiger partial charge >= 0.3 is 0 Å². The van der Waals surface area contributed by atoms with E-state index in [1.807, 2.05) is 13.0 Å². The first-order chi connectivity index (χ1) is 7.84. The van der Waals surface area contributed by atoms with E-state index in [0.717, 1.165) is 23.9 Å². The molecule has 2 aliphatic rings. The molecule has 0 unspecified atom stereocenters. The Bertz CT molecular complexity index is 408. The Morgan fingerprint density at radius 3 is 3.19 bits per heavy atom. The van der Waals surface area contributed by atoms with Crippen LogP contribution in [0, 0.1) is 12.8 Å². The highest BCUT2D eigenvalue weighted by molar-refractivity contribution is 5.67. The summed E-state index contributed by atoms with van der Waals surface area (Å²) in [4.78, 5) is 0. The number of fused-ring (bicyclic) bond motifs is 1. The summed E-state index contributed by atoms with van der Waals surface area (Å²) in [6.07, 6.45) is 7.47. The minimum absolute atomic E-state index is 0.495. The summed E-state index contributed by atoms with van der Waals surface area (Å²) in [5, 5.41) is 7.61. The van der Waals surface area contributed by atoms with Gasteiger partial charge in [0.25, 0.3) is 0 Å². The Morgan fingerprint density at radius 1 is 1.44 bits per heavy atom. The summed E-state index contributed by atoms with van der Waals surface area (Å²) in [7, 11) is 0. The first-order valence-electron chi connectivity index (χ1n) is 6.22. The lowest BCUT2D eigenvalue weighted by molar-refractivity contribution is 0.297. The molecule has 0 saturated carbocycles. The Balaban J connectivity index is 1.90. The molecule has 0 bridgehead atoms. The zero-order chi connectivity index (χ0) is 11.0. The second-order valence-corrected chi connectivity index (χ2v) is 4.90. The lowest BCUT2D eigenvalue weighted by atomic mass is 9.78. The van der Waals surface area contributed by atoms with Gasteiger partial charge in [-0.2, -0.15) is 0 Å². The van der Waals surface area contributed by atoms with Crippen molar-refractivity contribution in [2.75, 3.05) is 6.54 Å². The average Bonchev–Trinajstić information content (AvgIpc) is 2.75. The fraction of sp³-hybridized carbons (Fsp3) is 0.615. The number of nitrogens with zero attached hydrogens (tertiary/aromatic N) is 1. The average molecular weight is 218 g/mol. The molecular weight excluding hydrogens is 200 g/mol. The third-order valence-corrected chi connectivity index (χ3v) is 3.74. The van der Waals surface area contributed by atoms with Crippen LogP contribution in [0.15, 0.2) is 16.7 Å². The highest BCUT2D eigenvalue weighted by atomic mass is 16.5. The van der Waals surface area contributed by atoms with Crippen LogP contribution in [0.3, 0.4) is 0 Å². The fourth-order valence-corrected chi connectivity index (χ4v) is 2.96. The Hall–Kier alpha value is -1.09. The Kier molecular flexibility index (Phi) is 2.56. The number of piperidine rings is 1. The normalized spacial score (nSPS) is 29.7. The standard InChI is InChI=1S/C13H18N2O/c1-9-8-12(16-15-9)11-6-2-4-10-5-3-7-14-13(10)11/h6,8,10,13-14H,2-5,7H2,1H3/t10-,13+/m1/s1. The van der Waals surface area contributed by atoms with Crippen molar-refractivity contribution in [1.29, 1.82) is 0 Å². The molecule has 1 fully saturated rings. The summed E-state index contributed by atoms with van der Waals surface area (Å²) in [6, 6.07) is 2.54. The van der Waals surface area contributed by atoms with Gasteiger partial charge in [0, 0.05) is 17.7 Å². The van der Waals surface area contributed by atoms with E-state index >= 15 is 0 Å². The first-order valence-corrected chi connectivity index (χ1v) is 6.22. The predicted octanol–water partition coefficient (Wildman–Crippen LogP) is 2.53. The maximum atomic E-state index is 5.39. The second kappa shape index (κ2) is 4.06. The van der Waals surface area contributed by atoms with Crippen LogP contribution in [0.2, 0.25) is 0 Å². The van der Waals surface area contributed by atoms with E-state index in [1.54, 1.807) is 0 Å². The molecule has 0 radical (unpaired) electrons. The van der Waals surface area contributed by atoms with Gasteiger partial charge in [0.05, 0.1) is 5.69 Å². The third-order valence-electron chi connectivity index (χ3n) is 3.74. The third kappa shape index (κ3) is 1.69. The number of nitrogens with one attached hydrogen (secondary N) is 1. The molecule has 86 valence electrons. The van der Waals surface area contributed by atoms with E-state index in [-0.39, 0.29) is 0 Å². The van der Waals surface area contributed by atoms with E-state index in [1.165, 1.54) is 31.3 Å². The second-order valence-electron chi connectivity index (χ2n) is 4.90. The minimum Gasteiger partial charge on any atom is -0.356 e. The molecular formula is C13H18N2O. The van der Waals surface area contributed by atoms with Gasteiger partial charge in [-0.1, -0.05) is 11.2 Å². The van der Waals surface area contributed by atoms with Gasteiger partial charge in [0.15, 0.2) is 5.76 Å². The monoisotopic (exact) mass is 218 g/mol. The van der Waals surface area contributed by atoms with E-state index < -0.39 is 0 Å². The van der Waals surface area contributed by atoms with E-state index in [9.17, 15) is 0 Å². The van der Waals surface area contributed by atoms with Crippen molar-refractivity contribution in [3.05, 3.63) is 23.6 Å². The lowest BCUT2D eigenvalue weighted by Gasteiger charge is -2.36. The maximum Gasteiger partial charge on any atom is 0.164 e. The number of aromatic nitrogens is 1. The number of allylic oxidation sites excluding steroid dienone is 1.